The Morgan fingerprint density at radius 1 is 0.927 bits per heavy atom. The molecular weight excluding hydrogens is 545 g/mol. The number of nitrogens with one attached hydrogen (secondary N) is 2. The van der Waals surface area contributed by atoms with Crippen LogP contribution in [0.3, 0.4) is 0 Å². The highest BCUT2D eigenvalue weighted by Gasteiger charge is 2.27. The minimum atomic E-state index is -4.11. The highest BCUT2D eigenvalue weighted by atomic mass is 32.2. The maximum atomic E-state index is 13.5. The van der Waals surface area contributed by atoms with Crippen LogP contribution in [0.25, 0.3) is 10.9 Å². The molecular formula is C31H34FN3O5S. The second-order valence-electron chi connectivity index (χ2n) is 12.1. The molecule has 1 heterocycles. The Kier molecular flexibility index (Phi) is 7.51. The van der Waals surface area contributed by atoms with Crippen LogP contribution in [0.5, 0.6) is 5.75 Å². The van der Waals surface area contributed by atoms with Gasteiger partial charge in [0.25, 0.3) is 15.9 Å². The minimum absolute atomic E-state index is 0.00760. The van der Waals surface area contributed by atoms with Crippen molar-refractivity contribution < 1.29 is 22.7 Å². The summed E-state index contributed by atoms with van der Waals surface area (Å²) in [5.41, 5.74) is 0.831. The summed E-state index contributed by atoms with van der Waals surface area (Å²) in [4.78, 5) is 29.6. The molecule has 0 radical (unpaired) electrons. The monoisotopic (exact) mass is 579 g/mol. The fourth-order valence-corrected chi connectivity index (χ4v) is 5.80. The van der Waals surface area contributed by atoms with Crippen LogP contribution in [-0.4, -0.2) is 31.5 Å². The van der Waals surface area contributed by atoms with Gasteiger partial charge in [-0.3, -0.25) is 13.9 Å². The molecule has 0 saturated heterocycles. The van der Waals surface area contributed by atoms with Crippen LogP contribution in [0, 0.1) is 5.82 Å². The number of halogens is 1. The lowest BCUT2D eigenvalue weighted by Gasteiger charge is -2.28. The summed E-state index contributed by atoms with van der Waals surface area (Å²) >= 11 is 0. The van der Waals surface area contributed by atoms with E-state index in [9.17, 15) is 27.5 Å². The van der Waals surface area contributed by atoms with Gasteiger partial charge >= 0.3 is 0 Å². The van der Waals surface area contributed by atoms with Gasteiger partial charge in [-0.1, -0.05) is 41.5 Å². The van der Waals surface area contributed by atoms with E-state index < -0.39 is 32.6 Å². The number of aromatic hydroxyl groups is 1. The quantitative estimate of drug-likeness (QED) is 0.266. The summed E-state index contributed by atoms with van der Waals surface area (Å²) in [6.45, 7) is 11.9. The number of aromatic nitrogens is 1. The standard InChI is InChI=1S/C31H34FN3O5S/c1-30(2,3)23-15-24(31(4,5)6)27(36)16-26(23)34-29(38)22-17-33-25-13-12-20(14-21(25)28(22)37)41(39,40)35(7)19-10-8-18(32)9-11-19/h8-17,36H,1-7H3,(H,33,37)(H,34,38). The molecule has 8 nitrogen and oxygen atoms in total. The molecule has 0 unspecified atom stereocenters. The second-order valence-corrected chi connectivity index (χ2v) is 14.0. The number of phenolic OH excluding ortho intramolecular Hbond substituents is 1. The van der Waals surface area contributed by atoms with Crippen LogP contribution in [0.15, 0.2) is 70.5 Å². The van der Waals surface area contributed by atoms with Crippen molar-refractivity contribution in [3.8, 4) is 5.75 Å². The average molecular weight is 580 g/mol. The first-order valence-corrected chi connectivity index (χ1v) is 14.4. The predicted octanol–water partition coefficient (Wildman–Crippen LogP) is 6.05. The largest absolute Gasteiger partial charge is 0.508 e. The third-order valence-corrected chi connectivity index (χ3v) is 8.73. The van der Waals surface area contributed by atoms with Crippen molar-refractivity contribution >= 4 is 38.2 Å². The number of benzene rings is 3. The molecule has 0 aliphatic heterocycles. The first-order chi connectivity index (χ1) is 18.9. The van der Waals surface area contributed by atoms with Crippen LogP contribution >= 0.6 is 0 Å². The van der Waals surface area contributed by atoms with Crippen molar-refractivity contribution in [2.75, 3.05) is 16.7 Å². The highest BCUT2D eigenvalue weighted by Crippen LogP contribution is 2.39. The number of H-pyrrole nitrogens is 1. The Bertz CT molecular complexity index is 1820. The molecule has 0 spiro atoms. The molecule has 0 aliphatic rings. The number of phenols is 1. The lowest BCUT2D eigenvalue weighted by molar-refractivity contribution is 0.102. The summed E-state index contributed by atoms with van der Waals surface area (Å²) in [5, 5.41) is 13.5. The van der Waals surface area contributed by atoms with E-state index in [4.69, 9.17) is 0 Å². The minimum Gasteiger partial charge on any atom is -0.508 e. The third-order valence-electron chi connectivity index (χ3n) is 6.95. The van der Waals surface area contributed by atoms with E-state index in [1.807, 2.05) is 47.6 Å². The Morgan fingerprint density at radius 2 is 1.54 bits per heavy atom. The second kappa shape index (κ2) is 10.3. The molecule has 1 aromatic heterocycles. The number of rotatable bonds is 5. The molecule has 216 valence electrons. The zero-order valence-electron chi connectivity index (χ0n) is 24.1. The van der Waals surface area contributed by atoms with E-state index in [-0.39, 0.29) is 32.7 Å². The molecule has 0 aliphatic carbocycles. The van der Waals surface area contributed by atoms with Crippen LogP contribution < -0.4 is 15.1 Å². The van der Waals surface area contributed by atoms with E-state index in [1.54, 1.807) is 0 Å². The van der Waals surface area contributed by atoms with Crippen molar-refractivity contribution in [2.45, 2.75) is 57.3 Å². The fraction of sp³-hybridized carbons (Fsp3) is 0.290. The van der Waals surface area contributed by atoms with E-state index in [0.717, 1.165) is 27.6 Å². The van der Waals surface area contributed by atoms with Crippen molar-refractivity contribution in [3.63, 3.8) is 0 Å². The van der Waals surface area contributed by atoms with E-state index in [0.29, 0.717) is 11.2 Å². The van der Waals surface area contributed by atoms with Gasteiger partial charge in [0.2, 0.25) is 5.43 Å². The Labute approximate surface area is 238 Å². The van der Waals surface area contributed by atoms with Gasteiger partial charge in [0, 0.05) is 35.9 Å². The summed E-state index contributed by atoms with van der Waals surface area (Å²) in [7, 11) is -2.78. The fourth-order valence-electron chi connectivity index (χ4n) is 4.58. The molecule has 4 rings (SSSR count). The molecule has 1 amide bonds. The number of carbonyl (C=O) groups excluding carboxylic acids is 1. The highest BCUT2D eigenvalue weighted by molar-refractivity contribution is 7.92. The number of carbonyl (C=O) groups is 1. The molecule has 41 heavy (non-hydrogen) atoms. The lowest BCUT2D eigenvalue weighted by Crippen LogP contribution is -2.27. The summed E-state index contributed by atoms with van der Waals surface area (Å²) in [5.74, 6) is -1.19. The molecule has 4 aromatic rings. The number of pyridine rings is 1. The zero-order chi connectivity index (χ0) is 30.5. The molecule has 0 bridgehead atoms. The number of aromatic amines is 1. The van der Waals surface area contributed by atoms with E-state index >= 15 is 0 Å². The number of anilines is 2. The topological polar surface area (TPSA) is 120 Å². The van der Waals surface area contributed by atoms with E-state index in [2.05, 4.69) is 10.3 Å². The third kappa shape index (κ3) is 5.83. The van der Waals surface area contributed by atoms with Crippen LogP contribution in [0.1, 0.15) is 63.0 Å². The molecule has 0 fully saturated rings. The number of sulfonamides is 1. The number of hydrogen-bond donors (Lipinski definition) is 3. The van der Waals surface area contributed by atoms with Gasteiger partial charge in [-0.2, -0.15) is 0 Å². The Balaban J connectivity index is 1.75. The smallest absolute Gasteiger partial charge is 0.264 e. The van der Waals surface area contributed by atoms with Crippen molar-refractivity contribution in [1.82, 2.24) is 4.98 Å². The maximum Gasteiger partial charge on any atom is 0.264 e. The number of amides is 1. The van der Waals surface area contributed by atoms with Crippen molar-refractivity contribution in [1.29, 1.82) is 0 Å². The number of hydrogen-bond acceptors (Lipinski definition) is 5. The zero-order valence-corrected chi connectivity index (χ0v) is 24.9. The summed E-state index contributed by atoms with van der Waals surface area (Å²) in [6, 6.07) is 12.3. The van der Waals surface area contributed by atoms with Crippen LogP contribution in [0.2, 0.25) is 0 Å². The van der Waals surface area contributed by atoms with Crippen molar-refractivity contribution in [2.24, 2.45) is 0 Å². The van der Waals surface area contributed by atoms with Gasteiger partial charge in [0.15, 0.2) is 0 Å². The van der Waals surface area contributed by atoms with Gasteiger partial charge in [-0.15, -0.1) is 0 Å². The summed E-state index contributed by atoms with van der Waals surface area (Å²) < 4.78 is 41.0. The van der Waals surface area contributed by atoms with Gasteiger partial charge < -0.3 is 15.4 Å². The average Bonchev–Trinajstić information content (AvgIpc) is 2.87. The van der Waals surface area contributed by atoms with Crippen LogP contribution in [-0.2, 0) is 20.9 Å². The van der Waals surface area contributed by atoms with E-state index in [1.165, 1.54) is 49.6 Å². The normalized spacial score (nSPS) is 12.4. The maximum absolute atomic E-state index is 13.5. The number of fused-ring (bicyclic) bond motifs is 1. The molecule has 3 aromatic carbocycles. The lowest BCUT2D eigenvalue weighted by atomic mass is 9.79. The molecule has 3 N–H and O–H groups in total. The molecule has 0 saturated carbocycles. The number of nitrogens with zero attached hydrogens (tertiary/aromatic N) is 1. The summed E-state index contributed by atoms with van der Waals surface area (Å²) in [6.07, 6.45) is 1.28. The van der Waals surface area contributed by atoms with Crippen LogP contribution in [0.4, 0.5) is 15.8 Å². The first kappa shape index (κ1) is 29.8. The van der Waals surface area contributed by atoms with Crippen molar-refractivity contribution in [3.05, 3.63) is 93.5 Å². The molecule has 10 heteroatoms. The van der Waals surface area contributed by atoms with Gasteiger partial charge in [-0.25, -0.2) is 12.8 Å². The SMILES string of the molecule is CN(c1ccc(F)cc1)S(=O)(=O)c1ccc2[nH]cc(C(=O)Nc3cc(O)c(C(C)(C)C)cc3C(C)(C)C)c(=O)c2c1. The first-order valence-electron chi connectivity index (χ1n) is 13.0. The Hall–Kier alpha value is -4.18. The van der Waals surface area contributed by atoms with Gasteiger partial charge in [-0.05, 0) is 70.5 Å². The van der Waals surface area contributed by atoms with Gasteiger partial charge in [0.1, 0.15) is 17.1 Å². The molecule has 0 atom stereocenters. The van der Waals surface area contributed by atoms with Gasteiger partial charge in [0.05, 0.1) is 10.6 Å². The Morgan fingerprint density at radius 3 is 2.12 bits per heavy atom. The predicted molar refractivity (Wildman–Crippen MR) is 160 cm³/mol.